The Morgan fingerprint density at radius 1 is 1.18 bits per heavy atom. The van der Waals surface area contributed by atoms with Gasteiger partial charge in [0.05, 0.1) is 27.5 Å². The van der Waals surface area contributed by atoms with Crippen molar-refractivity contribution in [3.63, 3.8) is 0 Å². The molecule has 1 amide bonds. The molecule has 6 rings (SSSR count). The van der Waals surface area contributed by atoms with E-state index in [2.05, 4.69) is 29.6 Å². The second-order valence-electron chi connectivity index (χ2n) is 13.6. The van der Waals surface area contributed by atoms with Gasteiger partial charge in [-0.25, -0.2) is 23.8 Å². The van der Waals surface area contributed by atoms with Crippen LogP contribution in [0.3, 0.4) is 0 Å². The number of fused-ring (bicyclic) bond motifs is 3. The Morgan fingerprint density at radius 3 is 2.70 bits per heavy atom. The first-order valence-electron chi connectivity index (χ1n) is 14.9. The van der Waals surface area contributed by atoms with Gasteiger partial charge in [-0.1, -0.05) is 49.4 Å². The van der Waals surface area contributed by atoms with Crippen molar-refractivity contribution in [2.24, 2.45) is 0 Å². The summed E-state index contributed by atoms with van der Waals surface area (Å²) in [5.41, 5.74) is 0.801. The van der Waals surface area contributed by atoms with Crippen molar-refractivity contribution < 1.29 is 23.4 Å². The number of piperazine rings is 1. The van der Waals surface area contributed by atoms with Crippen molar-refractivity contribution in [3.8, 4) is 17.0 Å². The second kappa shape index (κ2) is 11.5. The maximum Gasteiger partial charge on any atom is 0.410 e. The summed E-state index contributed by atoms with van der Waals surface area (Å²) in [6.07, 6.45) is 0.971. The minimum absolute atomic E-state index is 0.102. The molecule has 44 heavy (non-hydrogen) atoms. The van der Waals surface area contributed by atoms with E-state index in [0.29, 0.717) is 48.9 Å². The van der Waals surface area contributed by atoms with E-state index in [0.717, 1.165) is 16.9 Å². The van der Waals surface area contributed by atoms with Gasteiger partial charge >= 0.3 is 6.09 Å². The molecule has 4 heterocycles. The topological polar surface area (TPSA) is 94.8 Å². The lowest BCUT2D eigenvalue weighted by molar-refractivity contribution is 0.0202. The molecule has 10 nitrogen and oxygen atoms in total. The normalized spacial score (nSPS) is 17.0. The van der Waals surface area contributed by atoms with E-state index in [1.807, 2.05) is 49.9 Å². The quantitative estimate of drug-likeness (QED) is 0.173. The third kappa shape index (κ3) is 5.82. The number of rotatable bonds is 6. The first-order valence-corrected chi connectivity index (χ1v) is 19.0. The molecule has 2 aromatic heterocycles. The van der Waals surface area contributed by atoms with Crippen LogP contribution in [0.25, 0.3) is 33.1 Å². The molecular formula is C31H38ClFN6O4Si. The first-order chi connectivity index (χ1) is 20.8. The van der Waals surface area contributed by atoms with Gasteiger partial charge in [0, 0.05) is 39.7 Å². The summed E-state index contributed by atoms with van der Waals surface area (Å²) in [6.45, 7) is 14.7. The van der Waals surface area contributed by atoms with Crippen molar-refractivity contribution in [3.05, 3.63) is 41.4 Å². The lowest BCUT2D eigenvalue weighted by Gasteiger charge is -2.41. The molecule has 2 aliphatic rings. The summed E-state index contributed by atoms with van der Waals surface area (Å²) in [5, 5.41) is 6.05. The summed E-state index contributed by atoms with van der Waals surface area (Å²) in [6, 6.07) is 8.40. The van der Waals surface area contributed by atoms with Crippen LogP contribution in [0.1, 0.15) is 20.8 Å². The average Bonchev–Trinajstić information content (AvgIpc) is 3.22. The van der Waals surface area contributed by atoms with Crippen LogP contribution < -0.4 is 9.64 Å². The Balaban J connectivity index is 1.38. The van der Waals surface area contributed by atoms with Gasteiger partial charge in [0.15, 0.2) is 11.6 Å². The van der Waals surface area contributed by atoms with Crippen LogP contribution in [0, 0.1) is 5.82 Å². The SMILES string of the molecule is CC(C)(C)OC(=O)N1CCN2c3ncnc4c(F)c(-c5nn(COCC[Si](C)(C)C)c6ccccc56)c(Cl)c(c34)OC[C@@H]2C1. The fourth-order valence-corrected chi connectivity index (χ4v) is 6.72. The van der Waals surface area contributed by atoms with E-state index >= 15 is 4.39 Å². The molecule has 0 radical (unpaired) electrons. The molecule has 2 aliphatic heterocycles. The van der Waals surface area contributed by atoms with Crippen LogP contribution in [0.15, 0.2) is 30.6 Å². The Morgan fingerprint density at radius 2 is 1.95 bits per heavy atom. The number of benzene rings is 2. The number of amides is 1. The predicted octanol–water partition coefficient (Wildman–Crippen LogP) is 6.57. The Hall–Kier alpha value is -3.48. The zero-order valence-corrected chi connectivity index (χ0v) is 27.7. The van der Waals surface area contributed by atoms with E-state index in [1.54, 1.807) is 9.58 Å². The minimum Gasteiger partial charge on any atom is -0.489 e. The van der Waals surface area contributed by atoms with Gasteiger partial charge in [0.25, 0.3) is 0 Å². The predicted molar refractivity (Wildman–Crippen MR) is 172 cm³/mol. The van der Waals surface area contributed by atoms with Crippen LogP contribution in [0.2, 0.25) is 30.7 Å². The molecule has 4 aromatic rings. The molecule has 1 saturated heterocycles. The van der Waals surface area contributed by atoms with Crippen LogP contribution in [0.5, 0.6) is 5.75 Å². The zero-order chi connectivity index (χ0) is 31.4. The van der Waals surface area contributed by atoms with Gasteiger partial charge in [-0.15, -0.1) is 0 Å². The summed E-state index contributed by atoms with van der Waals surface area (Å²) >= 11 is 7.04. The fourth-order valence-electron chi connectivity index (χ4n) is 5.64. The van der Waals surface area contributed by atoms with Crippen LogP contribution in [-0.2, 0) is 16.2 Å². The highest BCUT2D eigenvalue weighted by molar-refractivity contribution is 6.76. The third-order valence-corrected chi connectivity index (χ3v) is 9.90. The molecule has 13 heteroatoms. The monoisotopic (exact) mass is 640 g/mol. The van der Waals surface area contributed by atoms with Crippen molar-refractivity contribution in [2.45, 2.75) is 64.8 Å². The van der Waals surface area contributed by atoms with Gasteiger partial charge in [0.1, 0.15) is 42.3 Å². The van der Waals surface area contributed by atoms with E-state index in [4.69, 9.17) is 30.9 Å². The van der Waals surface area contributed by atoms with Gasteiger partial charge in [-0.3, -0.25) is 0 Å². The number of para-hydroxylation sites is 1. The minimum atomic E-state index is -1.26. The van der Waals surface area contributed by atoms with Crippen LogP contribution in [0.4, 0.5) is 15.0 Å². The lowest BCUT2D eigenvalue weighted by Crippen LogP contribution is -2.57. The number of ether oxygens (including phenoxy) is 3. The lowest BCUT2D eigenvalue weighted by atomic mass is 10.0. The van der Waals surface area contributed by atoms with Crippen molar-refractivity contribution in [2.75, 3.05) is 37.7 Å². The summed E-state index contributed by atoms with van der Waals surface area (Å²) in [5.74, 6) is 0.230. The summed E-state index contributed by atoms with van der Waals surface area (Å²) in [4.78, 5) is 25.5. The van der Waals surface area contributed by atoms with E-state index < -0.39 is 19.5 Å². The number of anilines is 1. The molecule has 0 spiro atoms. The van der Waals surface area contributed by atoms with Crippen molar-refractivity contribution in [1.29, 1.82) is 0 Å². The molecule has 0 N–H and O–H groups in total. The smallest absolute Gasteiger partial charge is 0.410 e. The number of aromatic nitrogens is 4. The largest absolute Gasteiger partial charge is 0.489 e. The van der Waals surface area contributed by atoms with Gasteiger partial charge < -0.3 is 24.0 Å². The zero-order valence-electron chi connectivity index (χ0n) is 26.0. The van der Waals surface area contributed by atoms with Crippen molar-refractivity contribution >= 4 is 53.4 Å². The van der Waals surface area contributed by atoms with Gasteiger partial charge in [0.2, 0.25) is 0 Å². The fraction of sp³-hybridized carbons (Fsp3) is 0.484. The maximum absolute atomic E-state index is 16.6. The molecule has 0 unspecified atom stereocenters. The Kier molecular flexibility index (Phi) is 7.96. The number of hydrogen-bond donors (Lipinski definition) is 0. The van der Waals surface area contributed by atoms with Gasteiger partial charge in [-0.05, 0) is 32.9 Å². The highest BCUT2D eigenvalue weighted by atomic mass is 35.5. The maximum atomic E-state index is 16.6. The van der Waals surface area contributed by atoms with E-state index in [1.165, 1.54) is 6.33 Å². The van der Waals surface area contributed by atoms with E-state index in [9.17, 15) is 4.79 Å². The van der Waals surface area contributed by atoms with Crippen LogP contribution >= 0.6 is 11.6 Å². The van der Waals surface area contributed by atoms with E-state index in [-0.39, 0.29) is 41.6 Å². The van der Waals surface area contributed by atoms with Gasteiger partial charge in [-0.2, -0.15) is 5.10 Å². The summed E-state index contributed by atoms with van der Waals surface area (Å²) < 4.78 is 36.3. The number of hydrogen-bond acceptors (Lipinski definition) is 8. The molecule has 0 bridgehead atoms. The Labute approximate surface area is 262 Å². The summed E-state index contributed by atoms with van der Waals surface area (Å²) in [7, 11) is -1.26. The molecule has 1 fully saturated rings. The standard InChI is InChI=1S/C31H38ClFN6O4Si/c1-31(2,3)43-30(40)37-11-12-38-19(15-37)16-42-28-23-27(34-17-35-29(23)38)25(33)22(24(28)32)26-20-9-7-8-10-21(20)39(36-26)18-41-13-14-44(4,5)6/h7-10,17,19H,11-16,18H2,1-6H3/t19-/m0/s1. The molecule has 0 aliphatic carbocycles. The second-order valence-corrected chi connectivity index (χ2v) is 19.6. The molecular weight excluding hydrogens is 603 g/mol. The molecule has 234 valence electrons. The Bertz CT molecular complexity index is 1740. The number of carbonyl (C=O) groups is 1. The highest BCUT2D eigenvalue weighted by Gasteiger charge is 2.38. The van der Waals surface area contributed by atoms with Crippen molar-refractivity contribution in [1.82, 2.24) is 24.6 Å². The molecule has 0 saturated carbocycles. The highest BCUT2D eigenvalue weighted by Crippen LogP contribution is 2.48. The number of nitrogens with zero attached hydrogens (tertiary/aromatic N) is 6. The first kappa shape index (κ1) is 30.5. The van der Waals surface area contributed by atoms with Crippen LogP contribution in [-0.4, -0.2) is 83.3 Å². The third-order valence-electron chi connectivity index (χ3n) is 7.83. The number of carbonyl (C=O) groups excluding carboxylic acids is 1. The molecule has 2 aromatic carbocycles. The average molecular weight is 641 g/mol. The number of halogens is 2. The molecule has 1 atom stereocenters.